The van der Waals surface area contributed by atoms with Gasteiger partial charge in [0.2, 0.25) is 5.91 Å². The summed E-state index contributed by atoms with van der Waals surface area (Å²) in [5.74, 6) is -0.101. The van der Waals surface area contributed by atoms with Gasteiger partial charge in [0.1, 0.15) is 11.2 Å². The van der Waals surface area contributed by atoms with Crippen molar-refractivity contribution in [2.75, 3.05) is 10.2 Å². The summed E-state index contributed by atoms with van der Waals surface area (Å²) in [6, 6.07) is 16.7. The van der Waals surface area contributed by atoms with E-state index in [1.54, 1.807) is 65.8 Å². The van der Waals surface area contributed by atoms with Crippen LogP contribution in [0.1, 0.15) is 53.5 Å². The number of hydrogen-bond acceptors (Lipinski definition) is 6. The number of aromatic nitrogens is 1. The number of fused-ring (bicyclic) bond motifs is 1. The van der Waals surface area contributed by atoms with Gasteiger partial charge >= 0.3 is 12.2 Å². The van der Waals surface area contributed by atoms with Crippen molar-refractivity contribution in [2.45, 2.75) is 65.6 Å². The Morgan fingerprint density at radius 2 is 1.47 bits per heavy atom. The molecule has 0 saturated carbocycles. The Balaban J connectivity index is 1.92. The van der Waals surface area contributed by atoms with E-state index in [1.165, 1.54) is 6.20 Å². The first-order chi connectivity index (χ1) is 16.8. The van der Waals surface area contributed by atoms with Crippen molar-refractivity contribution >= 4 is 40.4 Å². The predicted molar refractivity (Wildman–Crippen MR) is 140 cm³/mol. The molecule has 0 radical (unpaired) electrons. The SMILES string of the molecule is CC(C)(C)OC(=O)N(C(=O)OC(C)(C)C)c1nccc2ccc(NC(=O)CCc3ccccc3)cc12. The van der Waals surface area contributed by atoms with Gasteiger partial charge in [-0.1, -0.05) is 36.4 Å². The lowest BCUT2D eigenvalue weighted by molar-refractivity contribution is -0.116. The normalized spacial score (nSPS) is 11.6. The van der Waals surface area contributed by atoms with E-state index < -0.39 is 23.4 Å². The first-order valence-electron chi connectivity index (χ1n) is 11.8. The van der Waals surface area contributed by atoms with Crippen molar-refractivity contribution in [3.63, 3.8) is 0 Å². The maximum absolute atomic E-state index is 13.1. The average molecular weight is 492 g/mol. The quantitative estimate of drug-likeness (QED) is 0.438. The molecule has 1 N–H and O–H groups in total. The summed E-state index contributed by atoms with van der Waals surface area (Å²) in [6.45, 7) is 10.2. The number of imide groups is 1. The van der Waals surface area contributed by atoms with Gasteiger partial charge in [-0.15, -0.1) is 0 Å². The van der Waals surface area contributed by atoms with Crippen LogP contribution in [0.15, 0.2) is 60.8 Å². The van der Waals surface area contributed by atoms with Gasteiger partial charge in [0.15, 0.2) is 5.82 Å². The summed E-state index contributed by atoms with van der Waals surface area (Å²) in [5, 5.41) is 4.09. The van der Waals surface area contributed by atoms with E-state index in [0.29, 0.717) is 23.9 Å². The topological polar surface area (TPSA) is 97.8 Å². The Morgan fingerprint density at radius 3 is 2.06 bits per heavy atom. The molecule has 0 fully saturated rings. The number of ether oxygens (including phenoxy) is 2. The summed E-state index contributed by atoms with van der Waals surface area (Å²) in [5.41, 5.74) is -0.106. The number of pyridine rings is 1. The van der Waals surface area contributed by atoms with E-state index in [0.717, 1.165) is 15.8 Å². The number of hydrogen-bond donors (Lipinski definition) is 1. The third kappa shape index (κ3) is 7.53. The number of rotatable bonds is 5. The maximum Gasteiger partial charge on any atom is 0.425 e. The van der Waals surface area contributed by atoms with Crippen LogP contribution >= 0.6 is 0 Å². The Kier molecular flexibility index (Phi) is 7.97. The average Bonchev–Trinajstić information content (AvgIpc) is 2.76. The second kappa shape index (κ2) is 10.8. The maximum atomic E-state index is 13.1. The number of anilines is 2. The van der Waals surface area contributed by atoms with Crippen molar-refractivity contribution in [1.29, 1.82) is 0 Å². The Labute approximate surface area is 211 Å². The summed E-state index contributed by atoms with van der Waals surface area (Å²) >= 11 is 0. The highest BCUT2D eigenvalue weighted by Gasteiger charge is 2.34. The molecule has 190 valence electrons. The molecule has 0 aliphatic heterocycles. The van der Waals surface area contributed by atoms with Gasteiger partial charge in [-0.05, 0) is 77.1 Å². The molecule has 0 atom stereocenters. The molecular formula is C28H33N3O5. The molecule has 36 heavy (non-hydrogen) atoms. The number of aryl methyl sites for hydroxylation is 1. The Morgan fingerprint density at radius 1 is 0.861 bits per heavy atom. The molecule has 3 aromatic rings. The van der Waals surface area contributed by atoms with Crippen molar-refractivity contribution in [2.24, 2.45) is 0 Å². The molecule has 8 nitrogen and oxygen atoms in total. The van der Waals surface area contributed by atoms with Crippen LogP contribution in [-0.2, 0) is 20.7 Å². The van der Waals surface area contributed by atoms with Gasteiger partial charge in [-0.2, -0.15) is 4.90 Å². The number of amides is 3. The van der Waals surface area contributed by atoms with E-state index in [2.05, 4.69) is 10.3 Å². The van der Waals surface area contributed by atoms with Gasteiger partial charge in [0.25, 0.3) is 0 Å². The van der Waals surface area contributed by atoms with Crippen molar-refractivity contribution in [3.05, 3.63) is 66.4 Å². The molecule has 8 heteroatoms. The van der Waals surface area contributed by atoms with Crippen LogP contribution in [0.4, 0.5) is 21.1 Å². The van der Waals surface area contributed by atoms with E-state index >= 15 is 0 Å². The zero-order valence-electron chi connectivity index (χ0n) is 21.6. The summed E-state index contributed by atoms with van der Waals surface area (Å²) in [7, 11) is 0. The summed E-state index contributed by atoms with van der Waals surface area (Å²) in [4.78, 5) is 43.9. The lowest BCUT2D eigenvalue weighted by Crippen LogP contribution is -2.44. The summed E-state index contributed by atoms with van der Waals surface area (Å²) in [6.07, 6.45) is 0.600. The molecular weight excluding hydrogens is 458 g/mol. The van der Waals surface area contributed by atoms with Crippen LogP contribution in [0, 0.1) is 0 Å². The number of carbonyl (C=O) groups excluding carboxylic acids is 3. The third-order valence-electron chi connectivity index (χ3n) is 4.88. The smallest absolute Gasteiger partial charge is 0.425 e. The number of benzene rings is 2. The summed E-state index contributed by atoms with van der Waals surface area (Å²) < 4.78 is 11.0. The molecule has 3 rings (SSSR count). The molecule has 1 heterocycles. The Hall–Kier alpha value is -3.94. The largest absolute Gasteiger partial charge is 0.443 e. The molecule has 0 spiro atoms. The zero-order valence-corrected chi connectivity index (χ0v) is 21.6. The van der Waals surface area contributed by atoms with Gasteiger partial charge in [0, 0.05) is 23.7 Å². The van der Waals surface area contributed by atoms with Crippen LogP contribution in [-0.4, -0.2) is 34.3 Å². The van der Waals surface area contributed by atoms with E-state index in [9.17, 15) is 14.4 Å². The van der Waals surface area contributed by atoms with Crippen LogP contribution in [0.5, 0.6) is 0 Å². The molecule has 0 aliphatic carbocycles. The highest BCUT2D eigenvalue weighted by Crippen LogP contribution is 2.30. The van der Waals surface area contributed by atoms with E-state index in [4.69, 9.17) is 9.47 Å². The molecule has 0 saturated heterocycles. The van der Waals surface area contributed by atoms with Gasteiger partial charge in [0.05, 0.1) is 0 Å². The first-order valence-corrected chi connectivity index (χ1v) is 11.8. The fourth-order valence-electron chi connectivity index (χ4n) is 3.40. The van der Waals surface area contributed by atoms with Crippen LogP contribution < -0.4 is 10.2 Å². The third-order valence-corrected chi connectivity index (χ3v) is 4.88. The van der Waals surface area contributed by atoms with Crippen molar-refractivity contribution in [3.8, 4) is 0 Å². The Bertz CT molecular complexity index is 1220. The standard InChI is InChI=1S/C28H33N3O5/c1-27(2,3)35-25(33)31(26(34)36-28(4,5)6)24-22-18-21(14-13-20(22)16-17-29-24)30-23(32)15-12-19-10-8-7-9-11-19/h7-11,13-14,16-18H,12,15H2,1-6H3,(H,30,32). The van der Waals surface area contributed by atoms with Gasteiger partial charge < -0.3 is 14.8 Å². The first kappa shape index (κ1) is 26.7. The van der Waals surface area contributed by atoms with Gasteiger partial charge in [-0.3, -0.25) is 4.79 Å². The predicted octanol–water partition coefficient (Wildman–Crippen LogP) is 6.48. The fourth-order valence-corrected chi connectivity index (χ4v) is 3.40. The van der Waals surface area contributed by atoms with Crippen LogP contribution in [0.2, 0.25) is 0 Å². The number of nitrogens with one attached hydrogen (secondary N) is 1. The monoisotopic (exact) mass is 491 g/mol. The molecule has 1 aromatic heterocycles. The van der Waals surface area contributed by atoms with Gasteiger partial charge in [-0.25, -0.2) is 14.6 Å². The van der Waals surface area contributed by atoms with Crippen molar-refractivity contribution in [1.82, 2.24) is 4.98 Å². The van der Waals surface area contributed by atoms with E-state index in [1.807, 2.05) is 30.3 Å². The number of nitrogens with zero attached hydrogens (tertiary/aromatic N) is 2. The minimum atomic E-state index is -0.908. The molecule has 3 amide bonds. The van der Waals surface area contributed by atoms with Crippen molar-refractivity contribution < 1.29 is 23.9 Å². The lowest BCUT2D eigenvalue weighted by Gasteiger charge is -2.28. The fraction of sp³-hybridized carbons (Fsp3) is 0.357. The minimum absolute atomic E-state index is 0.0522. The number of carbonyl (C=O) groups is 3. The molecule has 0 aliphatic rings. The van der Waals surface area contributed by atoms with Crippen LogP contribution in [0.3, 0.4) is 0 Å². The molecule has 0 unspecified atom stereocenters. The lowest BCUT2D eigenvalue weighted by atomic mass is 10.1. The van der Waals surface area contributed by atoms with E-state index in [-0.39, 0.29) is 11.7 Å². The zero-order chi connectivity index (χ0) is 26.5. The minimum Gasteiger partial charge on any atom is -0.443 e. The highest BCUT2D eigenvalue weighted by molar-refractivity contribution is 6.14. The second-order valence-electron chi connectivity index (χ2n) is 10.4. The van der Waals surface area contributed by atoms with Crippen LogP contribution in [0.25, 0.3) is 10.8 Å². The second-order valence-corrected chi connectivity index (χ2v) is 10.4. The molecule has 0 bridgehead atoms. The molecule has 2 aromatic carbocycles. The highest BCUT2D eigenvalue weighted by atomic mass is 16.6.